The van der Waals surface area contributed by atoms with Crippen molar-refractivity contribution in [1.82, 2.24) is 5.32 Å². The predicted octanol–water partition coefficient (Wildman–Crippen LogP) is 4.06. The van der Waals surface area contributed by atoms with Crippen molar-refractivity contribution >= 4 is 33.0 Å². The van der Waals surface area contributed by atoms with Gasteiger partial charge in [0.25, 0.3) is 0 Å². The first-order chi connectivity index (χ1) is 8.26. The SMILES string of the molecule is C#CC(CC)NCc1sc2ccccc2c1Cl. The van der Waals surface area contributed by atoms with Crippen LogP contribution in [0.25, 0.3) is 10.1 Å². The highest BCUT2D eigenvalue weighted by Crippen LogP contribution is 2.34. The Morgan fingerprint density at radius 3 is 2.88 bits per heavy atom. The molecule has 88 valence electrons. The van der Waals surface area contributed by atoms with Gasteiger partial charge in [0.15, 0.2) is 0 Å². The van der Waals surface area contributed by atoms with Crippen LogP contribution in [0.4, 0.5) is 0 Å². The Hall–Kier alpha value is -1.01. The molecule has 2 aromatic rings. The Morgan fingerprint density at radius 2 is 2.24 bits per heavy atom. The van der Waals surface area contributed by atoms with Crippen LogP contribution >= 0.6 is 22.9 Å². The molecule has 0 aliphatic rings. The number of hydrogen-bond donors (Lipinski definition) is 1. The number of nitrogens with one attached hydrogen (secondary N) is 1. The molecule has 1 unspecified atom stereocenters. The van der Waals surface area contributed by atoms with E-state index in [0.29, 0.717) is 0 Å². The summed E-state index contributed by atoms with van der Waals surface area (Å²) in [4.78, 5) is 1.15. The molecule has 0 aliphatic carbocycles. The van der Waals surface area contributed by atoms with Gasteiger partial charge in [-0.2, -0.15) is 0 Å². The summed E-state index contributed by atoms with van der Waals surface area (Å²) in [5.41, 5.74) is 0. The minimum Gasteiger partial charge on any atom is -0.299 e. The van der Waals surface area contributed by atoms with Crippen molar-refractivity contribution in [1.29, 1.82) is 0 Å². The summed E-state index contributed by atoms with van der Waals surface area (Å²) in [5.74, 6) is 2.73. The van der Waals surface area contributed by atoms with E-state index in [2.05, 4.69) is 30.3 Å². The van der Waals surface area contributed by atoms with Crippen LogP contribution in [0.2, 0.25) is 5.02 Å². The molecule has 1 nitrogen and oxygen atoms in total. The predicted molar refractivity (Wildman–Crippen MR) is 76.6 cm³/mol. The third kappa shape index (κ3) is 2.63. The van der Waals surface area contributed by atoms with E-state index in [0.717, 1.165) is 28.3 Å². The molecule has 1 aromatic heterocycles. The molecular weight excluding hydrogens is 250 g/mol. The number of halogens is 1. The normalized spacial score (nSPS) is 12.5. The lowest BCUT2D eigenvalue weighted by molar-refractivity contribution is 0.597. The molecule has 1 heterocycles. The number of benzene rings is 1. The zero-order valence-corrected chi connectivity index (χ0v) is 11.2. The molecule has 2 rings (SSSR count). The van der Waals surface area contributed by atoms with Crippen molar-refractivity contribution in [2.75, 3.05) is 0 Å². The van der Waals surface area contributed by atoms with Gasteiger partial charge in [0.1, 0.15) is 0 Å². The Bertz CT molecular complexity index is 553. The van der Waals surface area contributed by atoms with Crippen LogP contribution in [-0.2, 0) is 6.54 Å². The summed E-state index contributed by atoms with van der Waals surface area (Å²) >= 11 is 8.07. The van der Waals surface area contributed by atoms with Gasteiger partial charge in [-0.1, -0.05) is 42.6 Å². The van der Waals surface area contributed by atoms with Gasteiger partial charge in [-0.05, 0) is 12.5 Å². The summed E-state index contributed by atoms with van der Waals surface area (Å²) in [5, 5.41) is 5.31. The maximum atomic E-state index is 6.35. The van der Waals surface area contributed by atoms with Gasteiger partial charge >= 0.3 is 0 Å². The first-order valence-electron chi connectivity index (χ1n) is 5.61. The van der Waals surface area contributed by atoms with Gasteiger partial charge in [-0.3, -0.25) is 5.32 Å². The van der Waals surface area contributed by atoms with Crippen LogP contribution in [0, 0.1) is 12.3 Å². The summed E-state index contributed by atoms with van der Waals surface area (Å²) in [7, 11) is 0. The highest BCUT2D eigenvalue weighted by molar-refractivity contribution is 7.19. The first-order valence-corrected chi connectivity index (χ1v) is 6.81. The number of fused-ring (bicyclic) bond motifs is 1. The van der Waals surface area contributed by atoms with Crippen molar-refractivity contribution < 1.29 is 0 Å². The van der Waals surface area contributed by atoms with Crippen molar-refractivity contribution in [3.05, 3.63) is 34.2 Å². The van der Waals surface area contributed by atoms with E-state index in [1.807, 2.05) is 12.1 Å². The van der Waals surface area contributed by atoms with Gasteiger partial charge in [0.05, 0.1) is 11.1 Å². The van der Waals surface area contributed by atoms with Crippen LogP contribution in [0.1, 0.15) is 18.2 Å². The number of hydrogen-bond acceptors (Lipinski definition) is 2. The summed E-state index contributed by atoms with van der Waals surface area (Å²) < 4.78 is 1.23. The molecule has 0 saturated heterocycles. The van der Waals surface area contributed by atoms with E-state index < -0.39 is 0 Å². The Balaban J connectivity index is 2.19. The molecule has 0 saturated carbocycles. The van der Waals surface area contributed by atoms with Crippen molar-refractivity contribution in [3.8, 4) is 12.3 Å². The third-order valence-electron chi connectivity index (χ3n) is 2.72. The average Bonchev–Trinajstić information content (AvgIpc) is 2.68. The molecule has 0 spiro atoms. The molecule has 0 radical (unpaired) electrons. The average molecular weight is 264 g/mol. The van der Waals surface area contributed by atoms with Crippen LogP contribution in [-0.4, -0.2) is 6.04 Å². The molecular formula is C14H14ClNS. The lowest BCUT2D eigenvalue weighted by Crippen LogP contribution is -2.25. The highest BCUT2D eigenvalue weighted by Gasteiger charge is 2.10. The second kappa shape index (κ2) is 5.55. The van der Waals surface area contributed by atoms with E-state index in [1.54, 1.807) is 11.3 Å². The lowest BCUT2D eigenvalue weighted by atomic mass is 10.2. The monoisotopic (exact) mass is 263 g/mol. The molecule has 0 amide bonds. The molecule has 3 heteroatoms. The first kappa shape index (κ1) is 12.4. The fourth-order valence-electron chi connectivity index (χ4n) is 1.72. The smallest absolute Gasteiger partial charge is 0.0687 e. The van der Waals surface area contributed by atoms with Gasteiger partial charge in [0, 0.05) is 21.5 Å². The largest absolute Gasteiger partial charge is 0.299 e. The van der Waals surface area contributed by atoms with E-state index >= 15 is 0 Å². The highest BCUT2D eigenvalue weighted by atomic mass is 35.5. The maximum absolute atomic E-state index is 6.35. The minimum absolute atomic E-state index is 0.122. The van der Waals surface area contributed by atoms with Crippen LogP contribution in [0.5, 0.6) is 0 Å². The van der Waals surface area contributed by atoms with E-state index in [-0.39, 0.29) is 6.04 Å². The zero-order valence-electron chi connectivity index (χ0n) is 9.66. The molecule has 0 fully saturated rings. The third-order valence-corrected chi connectivity index (χ3v) is 4.43. The molecule has 1 atom stereocenters. The van der Waals surface area contributed by atoms with E-state index in [9.17, 15) is 0 Å². The Kier molecular flexibility index (Phi) is 4.06. The molecule has 0 aliphatic heterocycles. The van der Waals surface area contributed by atoms with Crippen molar-refractivity contribution in [3.63, 3.8) is 0 Å². The molecule has 0 bridgehead atoms. The zero-order chi connectivity index (χ0) is 12.3. The Labute approximate surface area is 111 Å². The van der Waals surface area contributed by atoms with Crippen molar-refractivity contribution in [2.24, 2.45) is 0 Å². The van der Waals surface area contributed by atoms with Crippen LogP contribution < -0.4 is 5.32 Å². The quantitative estimate of drug-likeness (QED) is 0.821. The summed E-state index contributed by atoms with van der Waals surface area (Å²) in [6.07, 6.45) is 6.35. The molecule has 1 aromatic carbocycles. The van der Waals surface area contributed by atoms with Gasteiger partial charge in [-0.15, -0.1) is 17.8 Å². The molecule has 1 N–H and O–H groups in total. The number of terminal acetylenes is 1. The van der Waals surface area contributed by atoms with E-state index in [4.69, 9.17) is 18.0 Å². The fraction of sp³-hybridized carbons (Fsp3) is 0.286. The maximum Gasteiger partial charge on any atom is 0.0687 e. The van der Waals surface area contributed by atoms with Gasteiger partial charge in [-0.25, -0.2) is 0 Å². The fourth-order valence-corrected chi connectivity index (χ4v) is 3.17. The summed E-state index contributed by atoms with van der Waals surface area (Å²) in [6, 6.07) is 8.30. The Morgan fingerprint density at radius 1 is 1.47 bits per heavy atom. The topological polar surface area (TPSA) is 12.0 Å². The molecule has 17 heavy (non-hydrogen) atoms. The van der Waals surface area contributed by atoms with Gasteiger partial charge < -0.3 is 0 Å². The standard InChI is InChI=1S/C14H14ClNS/c1-3-10(4-2)16-9-13-14(15)11-7-5-6-8-12(11)17-13/h1,5-8,10,16H,4,9H2,2H3. The van der Waals surface area contributed by atoms with Crippen molar-refractivity contribution in [2.45, 2.75) is 25.9 Å². The number of rotatable bonds is 4. The summed E-state index contributed by atoms with van der Waals surface area (Å²) in [6.45, 7) is 2.81. The van der Waals surface area contributed by atoms with E-state index in [1.165, 1.54) is 4.70 Å². The second-order valence-corrected chi connectivity index (χ2v) is 5.36. The minimum atomic E-state index is 0.122. The van der Waals surface area contributed by atoms with Crippen LogP contribution in [0.3, 0.4) is 0 Å². The van der Waals surface area contributed by atoms with Crippen LogP contribution in [0.15, 0.2) is 24.3 Å². The second-order valence-electron chi connectivity index (χ2n) is 3.84. The number of thiophene rings is 1. The lowest BCUT2D eigenvalue weighted by Gasteiger charge is -2.09. The van der Waals surface area contributed by atoms with Gasteiger partial charge in [0.2, 0.25) is 0 Å².